The fourth-order valence-electron chi connectivity index (χ4n) is 1.17. The summed E-state index contributed by atoms with van der Waals surface area (Å²) in [4.78, 5) is 9.79. The number of hydrogen-bond acceptors (Lipinski definition) is 2. The van der Waals surface area contributed by atoms with E-state index in [2.05, 4.69) is 24.7 Å². The lowest BCUT2D eigenvalue weighted by atomic mass is 10.00. The first-order valence-corrected chi connectivity index (χ1v) is 4.70. The van der Waals surface area contributed by atoms with Gasteiger partial charge >= 0.3 is 6.41 Å². The molecule has 71 valence electrons. The van der Waals surface area contributed by atoms with Gasteiger partial charge < -0.3 is 0 Å². The molecule has 12 heavy (non-hydrogen) atoms. The molecule has 0 spiro atoms. The predicted octanol–water partition coefficient (Wildman–Crippen LogP) is 1.36. The van der Waals surface area contributed by atoms with Crippen LogP contribution in [0.2, 0.25) is 0 Å². The number of amides is 1. The molecule has 1 atom stereocenters. The van der Waals surface area contributed by atoms with Crippen LogP contribution in [0.3, 0.4) is 0 Å². The van der Waals surface area contributed by atoms with Crippen LogP contribution in [0.15, 0.2) is 0 Å². The summed E-state index contributed by atoms with van der Waals surface area (Å²) >= 11 is 0. The van der Waals surface area contributed by atoms with E-state index >= 15 is 0 Å². The first kappa shape index (κ1) is 11.4. The van der Waals surface area contributed by atoms with Crippen molar-refractivity contribution in [2.75, 3.05) is 6.54 Å². The summed E-state index contributed by atoms with van der Waals surface area (Å²) in [6, 6.07) is 0. The number of hydrogen-bond donors (Lipinski definition) is 2. The molecule has 0 aromatic carbocycles. The molecule has 0 saturated carbocycles. The van der Waals surface area contributed by atoms with Crippen molar-refractivity contribution in [1.29, 1.82) is 0 Å². The average molecular weight is 171 g/mol. The Bertz CT molecular complexity index is 107. The predicted molar refractivity (Wildman–Crippen MR) is 50.1 cm³/mol. The standard InChI is InChI=1S/C9H19N2O/c1-3-5-6-9(4-2)7-10-11-8-12/h9-10H,3-7H2,1-2H3,(H,11,12). The van der Waals surface area contributed by atoms with Crippen LogP contribution in [0.4, 0.5) is 0 Å². The van der Waals surface area contributed by atoms with Gasteiger partial charge in [0.25, 0.3) is 0 Å². The van der Waals surface area contributed by atoms with Gasteiger partial charge in [0.1, 0.15) is 0 Å². The van der Waals surface area contributed by atoms with Crippen molar-refractivity contribution in [1.82, 2.24) is 10.9 Å². The Labute approximate surface area is 74.9 Å². The number of rotatable bonds is 8. The lowest BCUT2D eigenvalue weighted by Gasteiger charge is -2.13. The van der Waals surface area contributed by atoms with Gasteiger partial charge in [-0.25, -0.2) is 5.43 Å². The van der Waals surface area contributed by atoms with Gasteiger partial charge in [-0.15, -0.1) is 0 Å². The van der Waals surface area contributed by atoms with Crippen molar-refractivity contribution in [3.63, 3.8) is 0 Å². The zero-order valence-corrected chi connectivity index (χ0v) is 8.02. The van der Waals surface area contributed by atoms with E-state index < -0.39 is 0 Å². The number of hydrazine groups is 1. The monoisotopic (exact) mass is 171 g/mol. The minimum absolute atomic E-state index is 0.672. The molecule has 2 N–H and O–H groups in total. The van der Waals surface area contributed by atoms with Gasteiger partial charge in [0.15, 0.2) is 0 Å². The molecule has 0 aliphatic carbocycles. The molecule has 3 nitrogen and oxygen atoms in total. The Balaban J connectivity index is 3.32. The quantitative estimate of drug-likeness (QED) is 0.329. The molecule has 0 heterocycles. The molecule has 0 rings (SSSR count). The van der Waals surface area contributed by atoms with Crippen molar-refractivity contribution < 1.29 is 4.79 Å². The van der Waals surface area contributed by atoms with E-state index in [0.717, 1.165) is 13.0 Å². The largest absolute Gasteiger partial charge is 0.324 e. The molecule has 0 aromatic rings. The third-order valence-electron chi connectivity index (χ3n) is 2.07. The SMILES string of the molecule is CCCCC(CC)CNN[C]=O. The smallest absolute Gasteiger partial charge is 0.283 e. The molecule has 0 aliphatic rings. The van der Waals surface area contributed by atoms with E-state index in [-0.39, 0.29) is 0 Å². The Hall–Kier alpha value is -0.570. The summed E-state index contributed by atoms with van der Waals surface area (Å²) in [7, 11) is 0. The second-order valence-corrected chi connectivity index (χ2v) is 3.02. The maximum absolute atomic E-state index is 9.79. The fraction of sp³-hybridized carbons (Fsp3) is 0.889. The van der Waals surface area contributed by atoms with Gasteiger partial charge in [-0.2, -0.15) is 0 Å². The highest BCUT2D eigenvalue weighted by atomic mass is 16.1. The molecule has 0 aromatic heterocycles. The molecule has 1 radical (unpaired) electrons. The van der Waals surface area contributed by atoms with Crippen LogP contribution in [0.5, 0.6) is 0 Å². The van der Waals surface area contributed by atoms with Crippen LogP contribution in [0.25, 0.3) is 0 Å². The normalized spacial score (nSPS) is 12.5. The molecular formula is C9H19N2O. The van der Waals surface area contributed by atoms with Gasteiger partial charge in [-0.05, 0) is 12.3 Å². The summed E-state index contributed by atoms with van der Waals surface area (Å²) in [5.74, 6) is 0.672. The fourth-order valence-corrected chi connectivity index (χ4v) is 1.17. The summed E-state index contributed by atoms with van der Waals surface area (Å²) in [6.07, 6.45) is 6.50. The van der Waals surface area contributed by atoms with E-state index in [1.807, 2.05) is 0 Å². The maximum Gasteiger partial charge on any atom is 0.324 e. The molecular weight excluding hydrogens is 152 g/mol. The molecule has 0 bridgehead atoms. The van der Waals surface area contributed by atoms with Crippen molar-refractivity contribution in [2.45, 2.75) is 39.5 Å². The highest BCUT2D eigenvalue weighted by Gasteiger charge is 2.03. The van der Waals surface area contributed by atoms with Crippen LogP contribution in [-0.4, -0.2) is 13.0 Å². The highest BCUT2D eigenvalue weighted by Crippen LogP contribution is 2.10. The second kappa shape index (κ2) is 8.53. The van der Waals surface area contributed by atoms with Crippen LogP contribution < -0.4 is 10.9 Å². The third-order valence-corrected chi connectivity index (χ3v) is 2.07. The molecule has 0 aliphatic heterocycles. The van der Waals surface area contributed by atoms with Crippen molar-refractivity contribution in [3.05, 3.63) is 0 Å². The Morgan fingerprint density at radius 3 is 2.67 bits per heavy atom. The zero-order chi connectivity index (χ0) is 9.23. The van der Waals surface area contributed by atoms with E-state index in [1.165, 1.54) is 19.3 Å². The van der Waals surface area contributed by atoms with Gasteiger partial charge in [-0.1, -0.05) is 33.1 Å². The number of unbranched alkanes of at least 4 members (excludes halogenated alkanes) is 1. The first-order chi connectivity index (χ1) is 5.85. The van der Waals surface area contributed by atoms with Crippen molar-refractivity contribution in [3.8, 4) is 0 Å². The third kappa shape index (κ3) is 6.16. The van der Waals surface area contributed by atoms with Crippen molar-refractivity contribution >= 4 is 6.41 Å². The van der Waals surface area contributed by atoms with Gasteiger partial charge in [0, 0.05) is 6.54 Å². The van der Waals surface area contributed by atoms with E-state index in [9.17, 15) is 4.79 Å². The molecule has 1 amide bonds. The van der Waals surface area contributed by atoms with E-state index in [0.29, 0.717) is 5.92 Å². The molecule has 0 fully saturated rings. The Kier molecular flexibility index (Phi) is 8.12. The maximum atomic E-state index is 9.79. The molecule has 1 unspecified atom stereocenters. The van der Waals surface area contributed by atoms with Crippen LogP contribution >= 0.6 is 0 Å². The number of nitrogens with one attached hydrogen (secondary N) is 2. The van der Waals surface area contributed by atoms with E-state index in [4.69, 9.17) is 0 Å². The van der Waals surface area contributed by atoms with Crippen LogP contribution in [0.1, 0.15) is 39.5 Å². The van der Waals surface area contributed by atoms with Crippen LogP contribution in [-0.2, 0) is 4.79 Å². The highest BCUT2D eigenvalue weighted by molar-refractivity contribution is 5.45. The van der Waals surface area contributed by atoms with Gasteiger partial charge in [0.2, 0.25) is 0 Å². The lowest BCUT2D eigenvalue weighted by molar-refractivity contribution is 0.405. The number of carbonyl (C=O) groups excluding carboxylic acids is 1. The summed E-state index contributed by atoms with van der Waals surface area (Å²) in [5.41, 5.74) is 5.16. The summed E-state index contributed by atoms with van der Waals surface area (Å²) in [5, 5.41) is 0. The first-order valence-electron chi connectivity index (χ1n) is 4.70. The summed E-state index contributed by atoms with van der Waals surface area (Å²) in [6.45, 7) is 5.22. The minimum atomic E-state index is 0.672. The topological polar surface area (TPSA) is 41.1 Å². The molecule has 3 heteroatoms. The van der Waals surface area contributed by atoms with Crippen molar-refractivity contribution in [2.24, 2.45) is 5.92 Å². The Morgan fingerprint density at radius 2 is 2.17 bits per heavy atom. The minimum Gasteiger partial charge on any atom is -0.283 e. The van der Waals surface area contributed by atoms with E-state index in [1.54, 1.807) is 6.41 Å². The van der Waals surface area contributed by atoms with Crippen LogP contribution in [0, 0.1) is 5.92 Å². The van der Waals surface area contributed by atoms with Gasteiger partial charge in [0.05, 0.1) is 0 Å². The zero-order valence-electron chi connectivity index (χ0n) is 8.02. The Morgan fingerprint density at radius 1 is 1.42 bits per heavy atom. The van der Waals surface area contributed by atoms with Gasteiger partial charge in [-0.3, -0.25) is 10.2 Å². The molecule has 0 saturated heterocycles. The summed E-state index contributed by atoms with van der Waals surface area (Å²) < 4.78 is 0. The lowest BCUT2D eigenvalue weighted by Crippen LogP contribution is -2.34. The average Bonchev–Trinajstić information content (AvgIpc) is 2.11. The second-order valence-electron chi connectivity index (χ2n) is 3.02.